The average Bonchev–Trinajstić information content (AvgIpc) is 3.57. The Morgan fingerprint density at radius 1 is 1.25 bits per heavy atom. The van der Waals surface area contributed by atoms with E-state index in [2.05, 4.69) is 10.4 Å². The summed E-state index contributed by atoms with van der Waals surface area (Å²) in [6.07, 6.45) is -1.54. The van der Waals surface area contributed by atoms with E-state index in [4.69, 9.17) is 11.6 Å². The van der Waals surface area contributed by atoms with E-state index in [9.17, 15) is 18.0 Å². The van der Waals surface area contributed by atoms with Crippen LogP contribution in [-0.2, 0) is 17.5 Å². The zero-order chi connectivity index (χ0) is 19.9. The van der Waals surface area contributed by atoms with E-state index in [-0.39, 0.29) is 28.7 Å². The number of hydrogen-bond acceptors (Lipinski definition) is 2. The van der Waals surface area contributed by atoms with Crippen LogP contribution >= 0.6 is 11.6 Å². The molecule has 4 nitrogen and oxygen atoms in total. The monoisotopic (exact) mass is 411 g/mol. The number of benzene rings is 1. The Labute approximate surface area is 166 Å². The summed E-state index contributed by atoms with van der Waals surface area (Å²) in [5.74, 6) is 0.317. The molecule has 2 aliphatic carbocycles. The standard InChI is InChI=1S/C20H21ClF3N3O/c21-16-17(13-7-8-13)27(26-18(16)20(22,23)24)10-4-9-25-19(28)15-11-14(15)12-5-2-1-3-6-12/h1-3,5-6,13-15H,4,7-11H2,(H,25,28). The van der Waals surface area contributed by atoms with Gasteiger partial charge in [0.25, 0.3) is 0 Å². The zero-order valence-corrected chi connectivity index (χ0v) is 15.9. The highest BCUT2D eigenvalue weighted by Gasteiger charge is 2.44. The summed E-state index contributed by atoms with van der Waals surface area (Å²) in [6.45, 7) is 0.703. The molecule has 2 aliphatic rings. The van der Waals surface area contributed by atoms with Crippen molar-refractivity contribution in [2.45, 2.75) is 50.2 Å². The maximum Gasteiger partial charge on any atom is 0.436 e. The van der Waals surface area contributed by atoms with Crippen molar-refractivity contribution in [3.63, 3.8) is 0 Å². The fourth-order valence-electron chi connectivity index (χ4n) is 3.68. The zero-order valence-electron chi connectivity index (χ0n) is 15.2. The SMILES string of the molecule is O=C(NCCCn1nc(C(F)(F)F)c(Cl)c1C1CC1)C1CC1c1ccccc1. The van der Waals surface area contributed by atoms with Gasteiger partial charge in [0, 0.05) is 24.9 Å². The maximum atomic E-state index is 13.1. The largest absolute Gasteiger partial charge is 0.436 e. The molecule has 8 heteroatoms. The predicted octanol–water partition coefficient (Wildman–Crippen LogP) is 4.74. The first-order valence-electron chi connectivity index (χ1n) is 9.52. The van der Waals surface area contributed by atoms with E-state index in [0.29, 0.717) is 25.2 Å². The first-order valence-corrected chi connectivity index (χ1v) is 9.90. The topological polar surface area (TPSA) is 46.9 Å². The van der Waals surface area contributed by atoms with E-state index in [0.717, 1.165) is 19.3 Å². The smallest absolute Gasteiger partial charge is 0.356 e. The number of halogens is 4. The molecule has 0 spiro atoms. The Hall–Kier alpha value is -2.02. The van der Waals surface area contributed by atoms with Gasteiger partial charge in [0.15, 0.2) is 5.69 Å². The number of nitrogens with zero attached hydrogens (tertiary/aromatic N) is 2. The molecule has 0 aliphatic heterocycles. The van der Waals surface area contributed by atoms with Crippen LogP contribution in [0, 0.1) is 5.92 Å². The number of carbonyl (C=O) groups excluding carboxylic acids is 1. The third-order valence-electron chi connectivity index (χ3n) is 5.36. The van der Waals surface area contributed by atoms with E-state index < -0.39 is 11.9 Å². The first-order chi connectivity index (χ1) is 13.4. The summed E-state index contributed by atoms with van der Waals surface area (Å²) in [6, 6.07) is 9.92. The molecule has 2 unspecified atom stereocenters. The van der Waals surface area contributed by atoms with Gasteiger partial charge < -0.3 is 5.32 Å². The van der Waals surface area contributed by atoms with Gasteiger partial charge in [0.05, 0.1) is 10.7 Å². The van der Waals surface area contributed by atoms with Crippen LogP contribution < -0.4 is 5.32 Å². The highest BCUT2D eigenvalue weighted by molar-refractivity contribution is 6.32. The highest BCUT2D eigenvalue weighted by Crippen LogP contribution is 2.48. The van der Waals surface area contributed by atoms with E-state index in [1.165, 1.54) is 10.2 Å². The molecule has 0 radical (unpaired) electrons. The molecule has 0 bridgehead atoms. The Bertz CT molecular complexity index is 862. The molecular weight excluding hydrogens is 391 g/mol. The van der Waals surface area contributed by atoms with Crippen LogP contribution in [0.25, 0.3) is 0 Å². The number of aryl methyl sites for hydroxylation is 1. The van der Waals surface area contributed by atoms with Crippen molar-refractivity contribution in [1.29, 1.82) is 0 Å². The highest BCUT2D eigenvalue weighted by atomic mass is 35.5. The Morgan fingerprint density at radius 2 is 1.96 bits per heavy atom. The van der Waals surface area contributed by atoms with Gasteiger partial charge in [-0.2, -0.15) is 18.3 Å². The van der Waals surface area contributed by atoms with Crippen LogP contribution in [0.1, 0.15) is 54.5 Å². The quantitative estimate of drug-likeness (QED) is 0.669. The van der Waals surface area contributed by atoms with Crippen LogP contribution in [0.15, 0.2) is 30.3 Å². The van der Waals surface area contributed by atoms with Crippen LogP contribution in [0.4, 0.5) is 13.2 Å². The van der Waals surface area contributed by atoms with Gasteiger partial charge in [-0.15, -0.1) is 0 Å². The molecule has 28 heavy (non-hydrogen) atoms. The van der Waals surface area contributed by atoms with Crippen LogP contribution in [0.5, 0.6) is 0 Å². The van der Waals surface area contributed by atoms with Gasteiger partial charge in [-0.25, -0.2) is 0 Å². The van der Waals surface area contributed by atoms with Gasteiger partial charge >= 0.3 is 6.18 Å². The minimum Gasteiger partial charge on any atom is -0.356 e. The van der Waals surface area contributed by atoms with Gasteiger partial charge in [-0.1, -0.05) is 41.9 Å². The van der Waals surface area contributed by atoms with Crippen molar-refractivity contribution >= 4 is 17.5 Å². The Kier molecular flexibility index (Phi) is 5.12. The molecule has 1 aromatic heterocycles. The van der Waals surface area contributed by atoms with E-state index in [1.807, 2.05) is 30.3 Å². The van der Waals surface area contributed by atoms with Crippen molar-refractivity contribution in [2.75, 3.05) is 6.54 Å². The lowest BCUT2D eigenvalue weighted by molar-refractivity contribution is -0.141. The maximum absolute atomic E-state index is 13.1. The van der Waals surface area contributed by atoms with Crippen LogP contribution in [-0.4, -0.2) is 22.2 Å². The number of rotatable bonds is 7. The molecule has 1 amide bonds. The van der Waals surface area contributed by atoms with Crippen molar-refractivity contribution in [3.05, 3.63) is 52.3 Å². The van der Waals surface area contributed by atoms with Gasteiger partial charge in [0.2, 0.25) is 5.91 Å². The van der Waals surface area contributed by atoms with Crippen molar-refractivity contribution in [2.24, 2.45) is 5.92 Å². The van der Waals surface area contributed by atoms with Gasteiger partial charge in [-0.3, -0.25) is 9.48 Å². The molecule has 1 heterocycles. The summed E-state index contributed by atoms with van der Waals surface area (Å²) in [7, 11) is 0. The Morgan fingerprint density at radius 3 is 2.61 bits per heavy atom. The number of nitrogens with one attached hydrogen (secondary N) is 1. The molecule has 4 rings (SSSR count). The molecular formula is C20H21ClF3N3O. The van der Waals surface area contributed by atoms with Crippen molar-refractivity contribution in [1.82, 2.24) is 15.1 Å². The minimum absolute atomic E-state index is 0.00532. The Balaban J connectivity index is 1.30. The van der Waals surface area contributed by atoms with Gasteiger partial charge in [0.1, 0.15) is 0 Å². The fraction of sp³-hybridized carbons (Fsp3) is 0.500. The lowest BCUT2D eigenvalue weighted by Gasteiger charge is -2.08. The summed E-state index contributed by atoms with van der Waals surface area (Å²) >= 11 is 5.96. The molecule has 2 saturated carbocycles. The molecule has 2 aromatic rings. The second-order valence-corrected chi connectivity index (χ2v) is 7.92. The number of carbonyl (C=O) groups is 1. The van der Waals surface area contributed by atoms with Crippen LogP contribution in [0.2, 0.25) is 5.02 Å². The molecule has 1 aromatic carbocycles. The van der Waals surface area contributed by atoms with Gasteiger partial charge in [-0.05, 0) is 37.2 Å². The van der Waals surface area contributed by atoms with Crippen LogP contribution in [0.3, 0.4) is 0 Å². The molecule has 2 fully saturated rings. The summed E-state index contributed by atoms with van der Waals surface area (Å²) in [5, 5.41) is 6.33. The number of amides is 1. The summed E-state index contributed by atoms with van der Waals surface area (Å²) in [4.78, 5) is 12.3. The minimum atomic E-state index is -4.56. The molecule has 1 N–H and O–H groups in total. The number of alkyl halides is 3. The van der Waals surface area contributed by atoms with Crippen molar-refractivity contribution in [3.8, 4) is 0 Å². The summed E-state index contributed by atoms with van der Waals surface area (Å²) in [5.41, 5.74) is 0.637. The normalized spacial score (nSPS) is 21.6. The summed E-state index contributed by atoms with van der Waals surface area (Å²) < 4.78 is 40.6. The van der Waals surface area contributed by atoms with E-state index >= 15 is 0 Å². The lowest BCUT2D eigenvalue weighted by Crippen LogP contribution is -2.27. The third kappa shape index (κ3) is 4.04. The second-order valence-electron chi connectivity index (χ2n) is 7.55. The molecule has 150 valence electrons. The lowest BCUT2D eigenvalue weighted by atomic mass is 10.1. The number of hydrogen-bond donors (Lipinski definition) is 1. The van der Waals surface area contributed by atoms with Crippen molar-refractivity contribution < 1.29 is 18.0 Å². The fourth-order valence-corrected chi connectivity index (χ4v) is 4.07. The second kappa shape index (κ2) is 7.43. The van der Waals surface area contributed by atoms with E-state index in [1.54, 1.807) is 0 Å². The molecule has 2 atom stereocenters. The first kappa shape index (κ1) is 19.3. The average molecular weight is 412 g/mol. The number of aromatic nitrogens is 2. The third-order valence-corrected chi connectivity index (χ3v) is 5.74. The molecule has 0 saturated heterocycles. The predicted molar refractivity (Wildman–Crippen MR) is 99.1 cm³/mol.